The van der Waals surface area contributed by atoms with Crippen LogP contribution in [0.25, 0.3) is 17.0 Å². The van der Waals surface area contributed by atoms with Crippen LogP contribution in [0.15, 0.2) is 16.8 Å². The van der Waals surface area contributed by atoms with E-state index in [-0.39, 0.29) is 5.92 Å². The van der Waals surface area contributed by atoms with Gasteiger partial charge in [-0.25, -0.2) is 0 Å². The minimum absolute atomic E-state index is 0.0626. The Labute approximate surface area is 112 Å². The highest BCUT2D eigenvalue weighted by molar-refractivity contribution is 5.94. The highest BCUT2D eigenvalue weighted by atomic mass is 16.5. The molecular formula is C16H18O3. The molecule has 0 spiro atoms. The van der Waals surface area contributed by atoms with Crippen LogP contribution < -0.4 is 4.74 Å². The van der Waals surface area contributed by atoms with Crippen molar-refractivity contribution in [3.8, 4) is 5.75 Å². The zero-order valence-electron chi connectivity index (χ0n) is 11.7. The number of fused-ring (bicyclic) bond motifs is 2. The summed E-state index contributed by atoms with van der Waals surface area (Å²) in [4.78, 5) is 0. The van der Waals surface area contributed by atoms with E-state index in [1.807, 2.05) is 26.0 Å². The van der Waals surface area contributed by atoms with Crippen molar-refractivity contribution in [3.05, 3.63) is 34.6 Å². The molecule has 0 unspecified atom stereocenters. The molecule has 1 N–H and O–H groups in total. The Morgan fingerprint density at radius 2 is 2.05 bits per heavy atom. The Bertz CT molecular complexity index is 679. The van der Waals surface area contributed by atoms with Crippen LogP contribution in [0, 0.1) is 13.8 Å². The summed E-state index contributed by atoms with van der Waals surface area (Å²) in [5.41, 5.74) is 5.26. The van der Waals surface area contributed by atoms with Crippen molar-refractivity contribution in [2.45, 2.75) is 32.8 Å². The van der Waals surface area contributed by atoms with Crippen molar-refractivity contribution in [1.29, 1.82) is 0 Å². The third kappa shape index (κ3) is 1.55. The Hall–Kier alpha value is -1.74. The van der Waals surface area contributed by atoms with Gasteiger partial charge in [-0.15, -0.1) is 0 Å². The number of aryl methyl sites for hydroxylation is 2. The Balaban J connectivity index is 2.47. The van der Waals surface area contributed by atoms with Crippen LogP contribution in [0.1, 0.15) is 35.1 Å². The van der Waals surface area contributed by atoms with E-state index in [4.69, 9.17) is 9.15 Å². The molecule has 0 amide bonds. The lowest BCUT2D eigenvalue weighted by atomic mass is 9.81. The van der Waals surface area contributed by atoms with Gasteiger partial charge in [0.2, 0.25) is 0 Å². The van der Waals surface area contributed by atoms with E-state index in [1.165, 1.54) is 5.56 Å². The van der Waals surface area contributed by atoms with Crippen molar-refractivity contribution in [2.24, 2.45) is 0 Å². The summed E-state index contributed by atoms with van der Waals surface area (Å²) in [6.07, 6.45) is 5.07. The van der Waals surface area contributed by atoms with Crippen LogP contribution in [-0.4, -0.2) is 18.3 Å². The zero-order chi connectivity index (χ0) is 13.7. The van der Waals surface area contributed by atoms with Gasteiger partial charge in [-0.05, 0) is 30.5 Å². The van der Waals surface area contributed by atoms with Crippen molar-refractivity contribution < 1.29 is 14.3 Å². The van der Waals surface area contributed by atoms with Gasteiger partial charge < -0.3 is 14.3 Å². The van der Waals surface area contributed by atoms with Gasteiger partial charge in [-0.1, -0.05) is 19.1 Å². The van der Waals surface area contributed by atoms with Crippen molar-refractivity contribution in [1.82, 2.24) is 0 Å². The molecule has 3 nitrogen and oxygen atoms in total. The van der Waals surface area contributed by atoms with Crippen LogP contribution in [0.2, 0.25) is 0 Å². The molecule has 0 saturated carbocycles. The molecule has 0 radical (unpaired) electrons. The molecule has 1 heterocycles. The second-order valence-electron chi connectivity index (χ2n) is 5.25. The fourth-order valence-electron chi connectivity index (χ4n) is 3.15. The number of methoxy groups -OCH3 is 1. The van der Waals surface area contributed by atoms with E-state index in [0.29, 0.717) is 0 Å². The SMILES string of the molecule is COc1c2c(c(C)c3c(C)coc13)[C@@H](C)[C@@H](O)C=C2. The molecule has 3 rings (SSSR count). The first-order chi connectivity index (χ1) is 9.06. The molecular weight excluding hydrogens is 240 g/mol. The van der Waals surface area contributed by atoms with Crippen molar-refractivity contribution >= 4 is 17.0 Å². The number of hydrogen-bond acceptors (Lipinski definition) is 3. The predicted octanol–water partition coefficient (Wildman–Crippen LogP) is 3.55. The largest absolute Gasteiger partial charge is 0.492 e. The van der Waals surface area contributed by atoms with E-state index in [9.17, 15) is 5.11 Å². The van der Waals surface area contributed by atoms with E-state index in [2.05, 4.69) is 6.92 Å². The number of hydrogen-bond donors (Lipinski definition) is 1. The minimum atomic E-state index is -0.444. The molecule has 100 valence electrons. The summed E-state index contributed by atoms with van der Waals surface area (Å²) in [6, 6.07) is 0. The van der Waals surface area contributed by atoms with Crippen LogP contribution in [0.3, 0.4) is 0 Å². The molecule has 3 heteroatoms. The Morgan fingerprint density at radius 3 is 2.74 bits per heavy atom. The quantitative estimate of drug-likeness (QED) is 0.850. The molecule has 0 aliphatic heterocycles. The first-order valence-corrected chi connectivity index (χ1v) is 6.50. The maximum absolute atomic E-state index is 10.1. The summed E-state index contributed by atoms with van der Waals surface area (Å²) in [7, 11) is 1.66. The topological polar surface area (TPSA) is 42.6 Å². The van der Waals surface area contributed by atoms with Gasteiger partial charge in [0, 0.05) is 16.9 Å². The van der Waals surface area contributed by atoms with E-state index in [1.54, 1.807) is 13.4 Å². The van der Waals surface area contributed by atoms with Gasteiger partial charge in [0.1, 0.15) is 0 Å². The first-order valence-electron chi connectivity index (χ1n) is 6.50. The maximum Gasteiger partial charge on any atom is 0.176 e. The molecule has 2 atom stereocenters. The van der Waals surface area contributed by atoms with Gasteiger partial charge >= 0.3 is 0 Å². The average Bonchev–Trinajstić information content (AvgIpc) is 2.77. The van der Waals surface area contributed by atoms with Crippen molar-refractivity contribution in [2.75, 3.05) is 7.11 Å². The van der Waals surface area contributed by atoms with Crippen LogP contribution >= 0.6 is 0 Å². The molecule has 19 heavy (non-hydrogen) atoms. The predicted molar refractivity (Wildman–Crippen MR) is 75.7 cm³/mol. The third-order valence-corrected chi connectivity index (χ3v) is 4.13. The summed E-state index contributed by atoms with van der Waals surface area (Å²) >= 11 is 0. The van der Waals surface area contributed by atoms with E-state index >= 15 is 0 Å². The average molecular weight is 258 g/mol. The lowest BCUT2D eigenvalue weighted by Crippen LogP contribution is -2.19. The lowest BCUT2D eigenvalue weighted by molar-refractivity contribution is 0.195. The van der Waals surface area contributed by atoms with Gasteiger partial charge in [0.25, 0.3) is 0 Å². The fourth-order valence-corrected chi connectivity index (χ4v) is 3.15. The maximum atomic E-state index is 10.1. The molecule has 0 saturated heterocycles. The number of aliphatic hydroxyl groups is 1. The van der Waals surface area contributed by atoms with Crippen LogP contribution in [-0.2, 0) is 0 Å². The summed E-state index contributed by atoms with van der Waals surface area (Å²) < 4.78 is 11.2. The molecule has 1 aromatic carbocycles. The summed E-state index contributed by atoms with van der Waals surface area (Å²) in [5.74, 6) is 0.825. The summed E-state index contributed by atoms with van der Waals surface area (Å²) in [5, 5.41) is 11.2. The van der Waals surface area contributed by atoms with Gasteiger partial charge in [0.15, 0.2) is 11.3 Å². The number of rotatable bonds is 1. The highest BCUT2D eigenvalue weighted by Crippen LogP contribution is 2.44. The Morgan fingerprint density at radius 1 is 1.32 bits per heavy atom. The molecule has 1 aromatic heterocycles. The standard InChI is InChI=1S/C16H18O3/c1-8-7-19-16-13(8)10(3)14-9(2)12(17)6-5-11(14)15(16)18-4/h5-7,9,12,17H,1-4H3/t9-,12-/m0/s1. The van der Waals surface area contributed by atoms with Crippen LogP contribution in [0.5, 0.6) is 5.75 Å². The number of aliphatic hydroxyl groups excluding tert-OH is 1. The second kappa shape index (κ2) is 4.14. The number of furan rings is 1. The van der Waals surface area contributed by atoms with E-state index < -0.39 is 6.10 Å². The van der Waals surface area contributed by atoms with Gasteiger partial charge in [-0.2, -0.15) is 0 Å². The molecule has 1 aliphatic rings. The molecule has 0 bridgehead atoms. The number of ether oxygens (including phenoxy) is 1. The first kappa shape index (κ1) is 12.3. The molecule has 2 aromatic rings. The van der Waals surface area contributed by atoms with E-state index in [0.717, 1.165) is 33.4 Å². The smallest absolute Gasteiger partial charge is 0.176 e. The summed E-state index contributed by atoms with van der Waals surface area (Å²) in [6.45, 7) is 6.16. The normalized spacial score (nSPS) is 21.7. The van der Waals surface area contributed by atoms with Crippen LogP contribution in [0.4, 0.5) is 0 Å². The van der Waals surface area contributed by atoms with Crippen molar-refractivity contribution in [3.63, 3.8) is 0 Å². The monoisotopic (exact) mass is 258 g/mol. The molecule has 1 aliphatic carbocycles. The lowest BCUT2D eigenvalue weighted by Gasteiger charge is -2.26. The van der Waals surface area contributed by atoms with Gasteiger partial charge in [0.05, 0.1) is 19.5 Å². The number of benzene rings is 1. The third-order valence-electron chi connectivity index (χ3n) is 4.13. The fraction of sp³-hybridized carbons (Fsp3) is 0.375. The zero-order valence-corrected chi connectivity index (χ0v) is 11.7. The second-order valence-corrected chi connectivity index (χ2v) is 5.25. The Kier molecular flexibility index (Phi) is 2.68. The highest BCUT2D eigenvalue weighted by Gasteiger charge is 2.28. The van der Waals surface area contributed by atoms with Gasteiger partial charge in [-0.3, -0.25) is 0 Å². The molecule has 0 fully saturated rings. The minimum Gasteiger partial charge on any atom is -0.492 e.